The van der Waals surface area contributed by atoms with Gasteiger partial charge in [0.2, 0.25) is 5.91 Å². The summed E-state index contributed by atoms with van der Waals surface area (Å²) < 4.78 is 0. The van der Waals surface area contributed by atoms with Crippen LogP contribution in [-0.2, 0) is 9.59 Å². The molecule has 0 radical (unpaired) electrons. The van der Waals surface area contributed by atoms with E-state index in [1.54, 1.807) is 6.92 Å². The van der Waals surface area contributed by atoms with Crippen LogP contribution in [0.25, 0.3) is 0 Å². The Labute approximate surface area is 78.7 Å². The number of carbonyl (C=O) groups excluding carboxylic acids is 2. The second-order valence-electron chi connectivity index (χ2n) is 3.92. The van der Waals surface area contributed by atoms with Crippen LogP contribution < -0.4 is 5.73 Å². The Morgan fingerprint density at radius 2 is 1.62 bits per heavy atom. The van der Waals surface area contributed by atoms with E-state index in [1.165, 1.54) is 0 Å². The lowest BCUT2D eigenvalue weighted by Crippen LogP contribution is -2.22. The molecule has 1 aliphatic carbocycles. The summed E-state index contributed by atoms with van der Waals surface area (Å²) in [7, 11) is 0. The number of hydrogen-bond acceptors (Lipinski definition) is 2. The van der Waals surface area contributed by atoms with Gasteiger partial charge in [-0.2, -0.15) is 0 Å². The number of rotatable bonds is 2. The molecular formula is C10H17NO2. The van der Waals surface area contributed by atoms with E-state index in [4.69, 9.17) is 5.73 Å². The third-order valence-electron chi connectivity index (χ3n) is 2.95. The van der Waals surface area contributed by atoms with Crippen molar-refractivity contribution in [3.8, 4) is 0 Å². The molecule has 0 aromatic rings. The van der Waals surface area contributed by atoms with Crippen molar-refractivity contribution in [3.63, 3.8) is 0 Å². The maximum Gasteiger partial charge on any atom is 0.220 e. The monoisotopic (exact) mass is 183 g/mol. The highest BCUT2D eigenvalue weighted by atomic mass is 16.1. The second-order valence-corrected chi connectivity index (χ2v) is 3.92. The molecule has 0 spiro atoms. The molecule has 3 heteroatoms. The molecule has 1 saturated carbocycles. The van der Waals surface area contributed by atoms with Gasteiger partial charge in [-0.1, -0.05) is 6.42 Å². The Balaban J connectivity index is 2.48. The summed E-state index contributed by atoms with van der Waals surface area (Å²) in [5.41, 5.74) is 5.23. The van der Waals surface area contributed by atoms with Crippen molar-refractivity contribution in [1.82, 2.24) is 0 Å². The van der Waals surface area contributed by atoms with Gasteiger partial charge in [0.1, 0.15) is 5.78 Å². The van der Waals surface area contributed by atoms with Crippen LogP contribution in [0, 0.1) is 11.8 Å². The summed E-state index contributed by atoms with van der Waals surface area (Å²) in [5, 5.41) is 0. The van der Waals surface area contributed by atoms with Crippen molar-refractivity contribution in [1.29, 1.82) is 0 Å². The van der Waals surface area contributed by atoms with Crippen LogP contribution in [0.3, 0.4) is 0 Å². The zero-order chi connectivity index (χ0) is 9.84. The van der Waals surface area contributed by atoms with E-state index < -0.39 is 0 Å². The second kappa shape index (κ2) is 4.40. The van der Waals surface area contributed by atoms with Crippen molar-refractivity contribution >= 4 is 11.7 Å². The average Bonchev–Trinajstić information content (AvgIpc) is 2.27. The molecule has 0 aromatic carbocycles. The number of Topliss-reactive ketones (excluding diaryl/α,β-unsaturated/α-hetero) is 1. The Morgan fingerprint density at radius 1 is 1.08 bits per heavy atom. The van der Waals surface area contributed by atoms with Crippen LogP contribution in [0.1, 0.15) is 39.0 Å². The number of carbonyl (C=O) groups is 2. The van der Waals surface area contributed by atoms with E-state index in [-0.39, 0.29) is 23.5 Å². The molecule has 0 heterocycles. The summed E-state index contributed by atoms with van der Waals surface area (Å²) in [4.78, 5) is 22.0. The maximum absolute atomic E-state index is 11.1. The predicted octanol–water partition coefficient (Wildman–Crippen LogP) is 1.26. The standard InChI is InChI=1S/C10H17NO2/c1-7(12)8-3-2-4-9(6-5-8)10(11)13/h8-9H,2-6H2,1H3,(H2,11,13). The molecule has 1 fully saturated rings. The number of amides is 1. The van der Waals surface area contributed by atoms with Gasteiger partial charge in [-0.25, -0.2) is 0 Å². The molecule has 1 rings (SSSR count). The highest BCUT2D eigenvalue weighted by molar-refractivity contribution is 5.79. The molecule has 74 valence electrons. The first-order chi connectivity index (χ1) is 6.11. The van der Waals surface area contributed by atoms with E-state index in [0.29, 0.717) is 0 Å². The van der Waals surface area contributed by atoms with Crippen molar-refractivity contribution in [2.75, 3.05) is 0 Å². The van der Waals surface area contributed by atoms with Crippen LogP contribution in [0.4, 0.5) is 0 Å². The normalized spacial score (nSPS) is 29.3. The van der Waals surface area contributed by atoms with E-state index in [9.17, 15) is 9.59 Å². The number of hydrogen-bond donors (Lipinski definition) is 1. The van der Waals surface area contributed by atoms with Crippen molar-refractivity contribution in [3.05, 3.63) is 0 Å². The molecule has 13 heavy (non-hydrogen) atoms. The quantitative estimate of drug-likeness (QED) is 0.655. The summed E-state index contributed by atoms with van der Waals surface area (Å²) in [6, 6.07) is 0. The molecule has 0 bridgehead atoms. The van der Waals surface area contributed by atoms with Crippen LogP contribution in [-0.4, -0.2) is 11.7 Å². The fraction of sp³-hybridized carbons (Fsp3) is 0.800. The number of nitrogens with two attached hydrogens (primary N) is 1. The SMILES string of the molecule is CC(=O)C1CCCC(C(N)=O)CC1. The van der Waals surface area contributed by atoms with E-state index in [2.05, 4.69) is 0 Å². The molecule has 0 aliphatic heterocycles. The summed E-state index contributed by atoms with van der Waals surface area (Å²) in [6.45, 7) is 1.63. The highest BCUT2D eigenvalue weighted by Crippen LogP contribution is 2.27. The minimum absolute atomic E-state index is 0.00403. The third-order valence-corrected chi connectivity index (χ3v) is 2.95. The minimum Gasteiger partial charge on any atom is -0.369 e. The Morgan fingerprint density at radius 3 is 2.15 bits per heavy atom. The van der Waals surface area contributed by atoms with Gasteiger partial charge in [0.05, 0.1) is 0 Å². The molecule has 2 unspecified atom stereocenters. The van der Waals surface area contributed by atoms with Crippen molar-refractivity contribution < 1.29 is 9.59 Å². The molecule has 3 nitrogen and oxygen atoms in total. The topological polar surface area (TPSA) is 60.2 Å². The first-order valence-electron chi connectivity index (χ1n) is 4.91. The fourth-order valence-electron chi connectivity index (χ4n) is 1.99. The number of ketones is 1. The molecular weight excluding hydrogens is 166 g/mol. The zero-order valence-electron chi connectivity index (χ0n) is 8.08. The van der Waals surface area contributed by atoms with Crippen molar-refractivity contribution in [2.24, 2.45) is 17.6 Å². The lowest BCUT2D eigenvalue weighted by atomic mass is 9.95. The molecule has 1 aliphatic rings. The first-order valence-corrected chi connectivity index (χ1v) is 4.91. The van der Waals surface area contributed by atoms with E-state index in [1.807, 2.05) is 0 Å². The molecule has 2 N–H and O–H groups in total. The number of primary amides is 1. The van der Waals surface area contributed by atoms with Gasteiger partial charge in [0, 0.05) is 11.8 Å². The minimum atomic E-state index is -0.204. The van der Waals surface area contributed by atoms with Gasteiger partial charge < -0.3 is 5.73 Å². The van der Waals surface area contributed by atoms with Gasteiger partial charge in [-0.3, -0.25) is 9.59 Å². The smallest absolute Gasteiger partial charge is 0.220 e. The Kier molecular flexibility index (Phi) is 3.46. The van der Waals surface area contributed by atoms with Crippen LogP contribution in [0.2, 0.25) is 0 Å². The summed E-state index contributed by atoms with van der Waals surface area (Å²) in [5.74, 6) is 0.225. The van der Waals surface area contributed by atoms with Gasteiger partial charge >= 0.3 is 0 Å². The van der Waals surface area contributed by atoms with Crippen LogP contribution in [0.5, 0.6) is 0 Å². The lowest BCUT2D eigenvalue weighted by molar-refractivity contribution is -0.123. The lowest BCUT2D eigenvalue weighted by Gasteiger charge is -2.09. The Bertz CT molecular complexity index is 191. The molecule has 2 atom stereocenters. The van der Waals surface area contributed by atoms with Crippen LogP contribution in [0.15, 0.2) is 0 Å². The molecule has 0 saturated heterocycles. The zero-order valence-corrected chi connectivity index (χ0v) is 8.08. The van der Waals surface area contributed by atoms with E-state index >= 15 is 0 Å². The third kappa shape index (κ3) is 2.83. The van der Waals surface area contributed by atoms with Gasteiger partial charge in [0.15, 0.2) is 0 Å². The van der Waals surface area contributed by atoms with Gasteiger partial charge in [0.25, 0.3) is 0 Å². The van der Waals surface area contributed by atoms with E-state index in [0.717, 1.165) is 32.1 Å². The predicted molar refractivity (Wildman–Crippen MR) is 49.9 cm³/mol. The maximum atomic E-state index is 11.1. The highest BCUT2D eigenvalue weighted by Gasteiger charge is 2.24. The Hall–Kier alpha value is -0.860. The molecule has 1 amide bonds. The van der Waals surface area contributed by atoms with Gasteiger partial charge in [-0.15, -0.1) is 0 Å². The molecule has 0 aromatic heterocycles. The fourth-order valence-corrected chi connectivity index (χ4v) is 1.99. The first kappa shape index (κ1) is 10.2. The average molecular weight is 183 g/mol. The summed E-state index contributed by atoms with van der Waals surface area (Å²) >= 11 is 0. The van der Waals surface area contributed by atoms with Crippen molar-refractivity contribution in [2.45, 2.75) is 39.0 Å². The van der Waals surface area contributed by atoms with Crippen LogP contribution >= 0.6 is 0 Å². The largest absolute Gasteiger partial charge is 0.369 e. The summed E-state index contributed by atoms with van der Waals surface area (Å²) in [6.07, 6.45) is 4.37. The van der Waals surface area contributed by atoms with Gasteiger partial charge in [-0.05, 0) is 32.6 Å².